The Morgan fingerprint density at radius 3 is 2.28 bits per heavy atom. The number of β-amino-alcohol motifs (C(OH)–C–C–N with tert-alkyl or cyclic N) is 1. The Morgan fingerprint density at radius 1 is 1.28 bits per heavy atom. The van der Waals surface area contributed by atoms with Crippen molar-refractivity contribution >= 4 is 12.0 Å². The van der Waals surface area contributed by atoms with Crippen molar-refractivity contribution in [2.45, 2.75) is 78.6 Å². The Labute approximate surface area is 194 Å². The van der Waals surface area contributed by atoms with Gasteiger partial charge in [0, 0.05) is 13.1 Å². The minimum absolute atomic E-state index is 0.151. The van der Waals surface area contributed by atoms with Gasteiger partial charge in [-0.2, -0.15) is 0 Å². The van der Waals surface area contributed by atoms with Crippen molar-refractivity contribution in [3.05, 3.63) is 25.1 Å². The van der Waals surface area contributed by atoms with E-state index in [1.807, 2.05) is 34.6 Å². The highest BCUT2D eigenvalue weighted by atomic mass is 16.6. The summed E-state index contributed by atoms with van der Waals surface area (Å²) in [4.78, 5) is 24.0. The monoisotopic (exact) mass is 458 g/mol. The average molecular weight is 459 g/mol. The largest absolute Gasteiger partial charge is 0.476 e. The second-order valence-corrected chi connectivity index (χ2v) is 8.37. The number of unbranched alkanes of at least 4 members (excludes halogenated alkanes) is 1. The summed E-state index contributed by atoms with van der Waals surface area (Å²) in [7, 11) is 0. The molecule has 32 heavy (non-hydrogen) atoms. The highest BCUT2D eigenvalue weighted by Crippen LogP contribution is 2.20. The third kappa shape index (κ3) is 15.5. The number of carbonyl (C=O) groups excluding carboxylic acids is 2. The lowest BCUT2D eigenvalue weighted by molar-refractivity contribution is -0.155. The van der Waals surface area contributed by atoms with E-state index in [-0.39, 0.29) is 31.6 Å². The van der Waals surface area contributed by atoms with Crippen LogP contribution in [0.5, 0.6) is 0 Å². The summed E-state index contributed by atoms with van der Waals surface area (Å²) < 4.78 is 10.2. The molecule has 0 spiro atoms. The summed E-state index contributed by atoms with van der Waals surface area (Å²) in [6.45, 7) is 22.3. The van der Waals surface area contributed by atoms with E-state index in [4.69, 9.17) is 15.2 Å². The van der Waals surface area contributed by atoms with Gasteiger partial charge in [-0.1, -0.05) is 39.8 Å². The molecule has 0 aromatic rings. The number of hydrogen-bond donors (Lipinski definition) is 4. The molecule has 0 aromatic heterocycles. The van der Waals surface area contributed by atoms with E-state index in [0.717, 1.165) is 12.8 Å². The van der Waals surface area contributed by atoms with Gasteiger partial charge in [0.15, 0.2) is 5.88 Å². The maximum absolute atomic E-state index is 11.5. The van der Waals surface area contributed by atoms with Crippen molar-refractivity contribution in [3.8, 4) is 0 Å². The molecule has 1 heterocycles. The minimum Gasteiger partial charge on any atom is -0.476 e. The summed E-state index contributed by atoms with van der Waals surface area (Å²) in [6, 6.07) is -0.534. The van der Waals surface area contributed by atoms with Crippen molar-refractivity contribution in [1.82, 2.24) is 15.5 Å². The molecule has 0 aromatic carbocycles. The number of rotatable bonds is 10. The fraction of sp³-hybridized carbons (Fsp3) is 0.739. The highest BCUT2D eigenvalue weighted by molar-refractivity contribution is 5.82. The quantitative estimate of drug-likeness (QED) is 0.225. The van der Waals surface area contributed by atoms with E-state index >= 15 is 0 Å². The third-order valence-electron chi connectivity index (χ3n) is 3.86. The molecule has 1 aliphatic heterocycles. The average Bonchev–Trinajstić information content (AvgIpc) is 2.69. The molecule has 1 atom stereocenters. The minimum atomic E-state index is -0.939. The van der Waals surface area contributed by atoms with E-state index in [2.05, 4.69) is 30.7 Å². The van der Waals surface area contributed by atoms with Crippen LogP contribution in [0.2, 0.25) is 0 Å². The lowest BCUT2D eigenvalue weighted by Gasteiger charge is -2.47. The topological polar surface area (TPSA) is 126 Å². The molecule has 0 saturated carbocycles. The fourth-order valence-electron chi connectivity index (χ4n) is 2.37. The zero-order valence-electron chi connectivity index (χ0n) is 21.1. The Balaban J connectivity index is 0. The van der Waals surface area contributed by atoms with Crippen LogP contribution < -0.4 is 16.4 Å². The molecule has 1 rings (SSSR count). The summed E-state index contributed by atoms with van der Waals surface area (Å²) in [6.07, 6.45) is 3.36. The number of alkyl carbamates (subject to hydrolysis) is 1. The molecule has 1 aliphatic rings. The van der Waals surface area contributed by atoms with Crippen LogP contribution in [0.4, 0.5) is 4.79 Å². The van der Waals surface area contributed by atoms with Crippen LogP contribution in [-0.2, 0) is 14.3 Å². The number of likely N-dealkylation sites (tertiary alicyclic amines) is 1. The van der Waals surface area contributed by atoms with Gasteiger partial charge in [-0.25, -0.2) is 4.79 Å². The van der Waals surface area contributed by atoms with Crippen molar-refractivity contribution in [2.24, 2.45) is 5.73 Å². The predicted octanol–water partition coefficient (Wildman–Crippen LogP) is 2.51. The Bertz CT molecular complexity index is 567. The number of hydrogen-bond acceptors (Lipinski definition) is 7. The maximum atomic E-state index is 11.5. The van der Waals surface area contributed by atoms with E-state index in [1.165, 1.54) is 4.90 Å². The van der Waals surface area contributed by atoms with Gasteiger partial charge in [0.1, 0.15) is 17.8 Å². The van der Waals surface area contributed by atoms with E-state index in [9.17, 15) is 14.7 Å². The molecule has 1 saturated heterocycles. The number of nitrogens with two attached hydrogens (primary N) is 1. The number of nitrogens with one attached hydrogen (secondary N) is 2. The summed E-state index contributed by atoms with van der Waals surface area (Å²) in [5, 5.41) is 15.6. The number of nitrogens with zero attached hydrogens (tertiary/aromatic N) is 1. The SMILES string of the molecule is C=CCOC(=C)NCC1(O)CN(C(=O)[C@H](C)N)C1.CC.CCCCNC(=O)OC(C)(C)C. The molecule has 188 valence electrons. The van der Waals surface area contributed by atoms with Crippen LogP contribution in [0.15, 0.2) is 25.1 Å². The van der Waals surface area contributed by atoms with Crippen LogP contribution in [0.1, 0.15) is 61.3 Å². The van der Waals surface area contributed by atoms with Crippen LogP contribution in [-0.4, -0.2) is 72.0 Å². The molecule has 0 bridgehead atoms. The molecule has 5 N–H and O–H groups in total. The van der Waals surface area contributed by atoms with Gasteiger partial charge in [-0.15, -0.1) is 0 Å². The molecule has 9 heteroatoms. The number of carbonyl (C=O) groups is 2. The Kier molecular flexibility index (Phi) is 16.3. The highest BCUT2D eigenvalue weighted by Gasteiger charge is 2.44. The van der Waals surface area contributed by atoms with E-state index in [1.54, 1.807) is 13.0 Å². The van der Waals surface area contributed by atoms with Crippen molar-refractivity contribution < 1.29 is 24.2 Å². The Morgan fingerprint density at radius 2 is 1.84 bits per heavy atom. The second kappa shape index (κ2) is 16.4. The smallest absolute Gasteiger partial charge is 0.407 e. The number of aliphatic hydroxyl groups is 1. The molecule has 2 amide bonds. The van der Waals surface area contributed by atoms with Crippen molar-refractivity contribution in [2.75, 3.05) is 32.8 Å². The second-order valence-electron chi connectivity index (χ2n) is 8.37. The third-order valence-corrected chi connectivity index (χ3v) is 3.86. The summed E-state index contributed by atoms with van der Waals surface area (Å²) >= 11 is 0. The van der Waals surface area contributed by atoms with Crippen molar-refractivity contribution in [1.29, 1.82) is 0 Å². The Hall–Kier alpha value is -2.26. The van der Waals surface area contributed by atoms with E-state index in [0.29, 0.717) is 19.0 Å². The standard InChI is InChI=1S/C12H21N3O3.C9H19NO2.C2H6/c1-4-5-18-10(3)14-6-12(17)7-15(8-12)11(16)9(2)13;1-5-6-7-10-8(11)12-9(2,3)4;1-2/h4,9,14,17H,1,3,5-8,13H2,2H3;5-7H2,1-4H3,(H,10,11);1-2H3/t9-;;/m0../s1. The van der Waals surface area contributed by atoms with Gasteiger partial charge in [0.05, 0.1) is 19.1 Å². The lowest BCUT2D eigenvalue weighted by Crippen LogP contribution is -2.68. The van der Waals surface area contributed by atoms with E-state index < -0.39 is 17.2 Å². The van der Waals surface area contributed by atoms with Crippen LogP contribution in [0, 0.1) is 0 Å². The normalized spacial score (nSPS) is 14.7. The van der Waals surface area contributed by atoms with Gasteiger partial charge in [-0.3, -0.25) is 4.79 Å². The van der Waals surface area contributed by atoms with Crippen LogP contribution >= 0.6 is 0 Å². The van der Waals surface area contributed by atoms with Crippen LogP contribution in [0.3, 0.4) is 0 Å². The zero-order chi connectivity index (χ0) is 25.4. The van der Waals surface area contributed by atoms with Crippen LogP contribution in [0.25, 0.3) is 0 Å². The molecular formula is C23H46N4O5. The first kappa shape index (κ1) is 31.9. The summed E-state index contributed by atoms with van der Waals surface area (Å²) in [5.41, 5.74) is 4.15. The van der Waals surface area contributed by atoms with Gasteiger partial charge >= 0.3 is 6.09 Å². The molecule has 0 unspecified atom stereocenters. The predicted molar refractivity (Wildman–Crippen MR) is 129 cm³/mol. The zero-order valence-corrected chi connectivity index (χ0v) is 21.1. The first-order valence-electron chi connectivity index (χ1n) is 11.2. The van der Waals surface area contributed by atoms with Gasteiger partial charge in [0.25, 0.3) is 0 Å². The fourth-order valence-corrected chi connectivity index (χ4v) is 2.37. The number of amides is 2. The lowest BCUT2D eigenvalue weighted by atomic mass is 9.93. The number of ether oxygens (including phenoxy) is 2. The first-order valence-corrected chi connectivity index (χ1v) is 11.2. The molecule has 0 aliphatic carbocycles. The summed E-state index contributed by atoms with van der Waals surface area (Å²) in [5.74, 6) is 0.224. The van der Waals surface area contributed by atoms with Gasteiger partial charge in [-0.05, 0) is 40.7 Å². The van der Waals surface area contributed by atoms with Gasteiger partial charge in [0.2, 0.25) is 5.91 Å². The maximum Gasteiger partial charge on any atom is 0.407 e. The molecule has 0 radical (unpaired) electrons. The molecular weight excluding hydrogens is 412 g/mol. The molecule has 1 fully saturated rings. The first-order chi connectivity index (χ1) is 14.8. The van der Waals surface area contributed by atoms with Crippen molar-refractivity contribution in [3.63, 3.8) is 0 Å². The van der Waals surface area contributed by atoms with Gasteiger partial charge < -0.3 is 35.8 Å². The molecule has 9 nitrogen and oxygen atoms in total.